The third-order valence-corrected chi connectivity index (χ3v) is 6.18. The zero-order valence-electron chi connectivity index (χ0n) is 18.1. The molecule has 0 spiro atoms. The van der Waals surface area contributed by atoms with Crippen molar-refractivity contribution in [1.29, 1.82) is 0 Å². The number of amides is 2. The van der Waals surface area contributed by atoms with Crippen LogP contribution in [0.5, 0.6) is 0 Å². The standard InChI is InChI=1S/C21H23ClF3N3O4S/c1-4-27(5-2)20(30)15-8-6-7-9-18(15)26-19(29)13-28(33(3,31)32)14-10-11-17(22)16(12-14)21(23,24)25/h6-12H,4-5,13H2,1-3H3,(H,26,29). The van der Waals surface area contributed by atoms with Crippen LogP contribution < -0.4 is 9.62 Å². The highest BCUT2D eigenvalue weighted by Gasteiger charge is 2.34. The van der Waals surface area contributed by atoms with Gasteiger partial charge in [-0.2, -0.15) is 13.2 Å². The highest BCUT2D eigenvalue weighted by atomic mass is 35.5. The lowest BCUT2D eigenvalue weighted by atomic mass is 10.1. The number of para-hydroxylation sites is 1. The highest BCUT2D eigenvalue weighted by molar-refractivity contribution is 7.92. The zero-order chi connectivity index (χ0) is 25.0. The van der Waals surface area contributed by atoms with E-state index in [1.807, 2.05) is 0 Å². The van der Waals surface area contributed by atoms with Crippen LogP contribution in [-0.4, -0.2) is 51.0 Å². The zero-order valence-corrected chi connectivity index (χ0v) is 19.7. The second-order valence-corrected chi connectivity index (χ2v) is 9.32. The Hall–Kier alpha value is -2.79. The molecule has 33 heavy (non-hydrogen) atoms. The summed E-state index contributed by atoms with van der Waals surface area (Å²) in [5.74, 6) is -1.17. The molecule has 0 unspecified atom stereocenters. The minimum atomic E-state index is -4.82. The number of hydrogen-bond donors (Lipinski definition) is 1. The Morgan fingerprint density at radius 2 is 1.67 bits per heavy atom. The Kier molecular flexibility index (Phi) is 8.36. The molecule has 7 nitrogen and oxygen atoms in total. The SMILES string of the molecule is CCN(CC)C(=O)c1ccccc1NC(=O)CN(c1ccc(Cl)c(C(F)(F)F)c1)S(C)(=O)=O. The Balaban J connectivity index is 2.36. The monoisotopic (exact) mass is 505 g/mol. The van der Waals surface area contributed by atoms with E-state index < -0.39 is 39.2 Å². The van der Waals surface area contributed by atoms with Gasteiger partial charge >= 0.3 is 6.18 Å². The topological polar surface area (TPSA) is 86.8 Å². The van der Waals surface area contributed by atoms with Gasteiger partial charge in [-0.25, -0.2) is 8.42 Å². The van der Waals surface area contributed by atoms with Gasteiger partial charge in [0.25, 0.3) is 5.91 Å². The Morgan fingerprint density at radius 1 is 1.06 bits per heavy atom. The number of alkyl halides is 3. The summed E-state index contributed by atoms with van der Waals surface area (Å²) in [4.78, 5) is 27.0. The Labute approximate surface area is 195 Å². The molecule has 0 aliphatic carbocycles. The van der Waals surface area contributed by atoms with E-state index >= 15 is 0 Å². The van der Waals surface area contributed by atoms with Gasteiger partial charge in [0.05, 0.1) is 33.8 Å². The van der Waals surface area contributed by atoms with E-state index in [1.165, 1.54) is 12.1 Å². The predicted octanol–water partition coefficient (Wildman–Crippen LogP) is 4.25. The summed E-state index contributed by atoms with van der Waals surface area (Å²) in [7, 11) is -4.14. The maximum Gasteiger partial charge on any atom is 0.417 e. The van der Waals surface area contributed by atoms with E-state index in [0.717, 1.165) is 18.4 Å². The molecule has 0 radical (unpaired) electrons. The fraction of sp³-hybridized carbons (Fsp3) is 0.333. The van der Waals surface area contributed by atoms with Gasteiger partial charge in [-0.1, -0.05) is 23.7 Å². The van der Waals surface area contributed by atoms with Gasteiger partial charge in [0.1, 0.15) is 6.54 Å². The summed E-state index contributed by atoms with van der Waals surface area (Å²) < 4.78 is 64.7. The summed E-state index contributed by atoms with van der Waals surface area (Å²) in [5, 5.41) is 1.88. The predicted molar refractivity (Wildman–Crippen MR) is 121 cm³/mol. The molecule has 0 saturated heterocycles. The van der Waals surface area contributed by atoms with Gasteiger partial charge in [-0.3, -0.25) is 13.9 Å². The number of sulfonamides is 1. The lowest BCUT2D eigenvalue weighted by Gasteiger charge is -2.24. The number of halogens is 4. The highest BCUT2D eigenvalue weighted by Crippen LogP contribution is 2.37. The van der Waals surface area contributed by atoms with Gasteiger partial charge in [-0.05, 0) is 44.2 Å². The first kappa shape index (κ1) is 26.5. The van der Waals surface area contributed by atoms with Gasteiger partial charge in [0, 0.05) is 13.1 Å². The molecule has 2 rings (SSSR count). The quantitative estimate of drug-likeness (QED) is 0.581. The molecule has 180 valence electrons. The van der Waals surface area contributed by atoms with Crippen molar-refractivity contribution in [2.24, 2.45) is 0 Å². The van der Waals surface area contributed by atoms with E-state index in [0.29, 0.717) is 23.5 Å². The van der Waals surface area contributed by atoms with Crippen molar-refractivity contribution in [2.45, 2.75) is 20.0 Å². The third-order valence-electron chi connectivity index (χ3n) is 4.71. The summed E-state index contributed by atoms with van der Waals surface area (Å²) in [6, 6.07) is 8.73. The molecule has 0 aliphatic rings. The molecule has 0 saturated carbocycles. The number of carbonyl (C=O) groups excluding carboxylic acids is 2. The van der Waals surface area contributed by atoms with Crippen molar-refractivity contribution < 1.29 is 31.2 Å². The van der Waals surface area contributed by atoms with Gasteiger partial charge < -0.3 is 10.2 Å². The maximum absolute atomic E-state index is 13.2. The average Bonchev–Trinajstić information content (AvgIpc) is 2.72. The van der Waals surface area contributed by atoms with Gasteiger partial charge in [0.15, 0.2) is 0 Å². The number of carbonyl (C=O) groups is 2. The number of rotatable bonds is 8. The van der Waals surface area contributed by atoms with Crippen LogP contribution in [0, 0.1) is 0 Å². The second kappa shape index (κ2) is 10.4. The van der Waals surface area contributed by atoms with Crippen molar-refractivity contribution in [3.63, 3.8) is 0 Å². The lowest BCUT2D eigenvalue weighted by molar-refractivity contribution is -0.137. The van der Waals surface area contributed by atoms with Gasteiger partial charge in [-0.15, -0.1) is 0 Å². The van der Waals surface area contributed by atoms with Crippen LogP contribution in [-0.2, 0) is 21.0 Å². The largest absolute Gasteiger partial charge is 0.417 e. The van der Waals surface area contributed by atoms with E-state index in [2.05, 4.69) is 5.32 Å². The van der Waals surface area contributed by atoms with Gasteiger partial charge in [0.2, 0.25) is 15.9 Å². The van der Waals surface area contributed by atoms with Crippen LogP contribution in [0.25, 0.3) is 0 Å². The summed E-state index contributed by atoms with van der Waals surface area (Å²) in [6.07, 6.45) is -4.05. The molecule has 2 amide bonds. The second-order valence-electron chi connectivity index (χ2n) is 7.00. The third kappa shape index (κ3) is 6.61. The van der Waals surface area contributed by atoms with E-state index in [-0.39, 0.29) is 22.8 Å². The van der Waals surface area contributed by atoms with Crippen molar-refractivity contribution in [1.82, 2.24) is 4.90 Å². The summed E-state index contributed by atoms with van der Waals surface area (Å²) >= 11 is 5.61. The normalized spacial score (nSPS) is 11.7. The van der Waals surface area contributed by atoms with Crippen LogP contribution in [0.1, 0.15) is 29.8 Å². The number of nitrogens with zero attached hydrogens (tertiary/aromatic N) is 2. The minimum Gasteiger partial charge on any atom is -0.339 e. The average molecular weight is 506 g/mol. The van der Waals surface area contributed by atoms with Crippen molar-refractivity contribution in [3.05, 3.63) is 58.6 Å². The molecule has 0 aliphatic heterocycles. The van der Waals surface area contributed by atoms with Crippen LogP contribution in [0.3, 0.4) is 0 Å². The lowest BCUT2D eigenvalue weighted by Crippen LogP contribution is -2.38. The van der Waals surface area contributed by atoms with Crippen LogP contribution in [0.2, 0.25) is 5.02 Å². The molecule has 0 fully saturated rings. The molecule has 0 aromatic heterocycles. The van der Waals surface area contributed by atoms with Crippen LogP contribution >= 0.6 is 11.6 Å². The molecule has 2 aromatic rings. The van der Waals surface area contributed by atoms with Crippen molar-refractivity contribution in [2.75, 3.05) is 35.5 Å². The molecule has 0 heterocycles. The molecule has 1 N–H and O–H groups in total. The van der Waals surface area contributed by atoms with E-state index in [9.17, 15) is 31.2 Å². The molecule has 2 aromatic carbocycles. The first-order valence-electron chi connectivity index (χ1n) is 9.82. The Bertz CT molecular complexity index is 1140. The number of anilines is 2. The van der Waals surface area contributed by atoms with E-state index in [4.69, 9.17) is 11.6 Å². The summed E-state index contributed by atoms with van der Waals surface area (Å²) in [6.45, 7) is 3.67. The first-order valence-corrected chi connectivity index (χ1v) is 12.0. The molecule has 0 atom stereocenters. The molecule has 0 bridgehead atoms. The molecule has 12 heteroatoms. The van der Waals surface area contributed by atoms with Crippen molar-refractivity contribution >= 4 is 44.8 Å². The Morgan fingerprint density at radius 3 is 2.21 bits per heavy atom. The van der Waals surface area contributed by atoms with E-state index in [1.54, 1.807) is 30.9 Å². The summed E-state index contributed by atoms with van der Waals surface area (Å²) in [5.41, 5.74) is -1.26. The smallest absolute Gasteiger partial charge is 0.339 e. The number of nitrogens with one attached hydrogen (secondary N) is 1. The maximum atomic E-state index is 13.2. The minimum absolute atomic E-state index is 0.153. The van der Waals surface area contributed by atoms with Crippen molar-refractivity contribution in [3.8, 4) is 0 Å². The fourth-order valence-electron chi connectivity index (χ4n) is 3.07. The first-order chi connectivity index (χ1) is 15.3. The molecular formula is C21H23ClF3N3O4S. The van der Waals surface area contributed by atoms with Crippen LogP contribution in [0.15, 0.2) is 42.5 Å². The van der Waals surface area contributed by atoms with Crippen LogP contribution in [0.4, 0.5) is 24.5 Å². The molecular weight excluding hydrogens is 483 g/mol. The fourth-order valence-corrected chi connectivity index (χ4v) is 4.14. The number of hydrogen-bond acceptors (Lipinski definition) is 4. The number of benzene rings is 2.